The molecule has 1 aromatic carbocycles. The fourth-order valence-corrected chi connectivity index (χ4v) is 3.84. The Labute approximate surface area is 228 Å². The van der Waals surface area contributed by atoms with Gasteiger partial charge < -0.3 is 39.8 Å². The summed E-state index contributed by atoms with van der Waals surface area (Å²) in [6, 6.07) is 2.48. The molecule has 218 valence electrons. The molecule has 2 rings (SSSR count). The lowest BCUT2D eigenvalue weighted by Crippen LogP contribution is -2.45. The summed E-state index contributed by atoms with van der Waals surface area (Å²) in [7, 11) is 0. The van der Waals surface area contributed by atoms with Crippen molar-refractivity contribution in [3.05, 3.63) is 29.3 Å². The van der Waals surface area contributed by atoms with Crippen LogP contribution in [0.5, 0.6) is 5.75 Å². The summed E-state index contributed by atoms with van der Waals surface area (Å²) in [5.41, 5.74) is 1.04. The van der Waals surface area contributed by atoms with E-state index in [1.807, 2.05) is 0 Å². The van der Waals surface area contributed by atoms with E-state index in [-0.39, 0.29) is 39.3 Å². The molecule has 39 heavy (non-hydrogen) atoms. The lowest BCUT2D eigenvalue weighted by atomic mass is 10.0. The molecular formula is C27H40N2O10. The first-order chi connectivity index (χ1) is 18.9. The third-order valence-electron chi connectivity index (χ3n) is 5.82. The topological polar surface area (TPSA) is 170 Å². The highest BCUT2D eigenvalue weighted by molar-refractivity contribution is 5.87. The van der Waals surface area contributed by atoms with Gasteiger partial charge in [0, 0.05) is 0 Å². The van der Waals surface area contributed by atoms with Gasteiger partial charge in [0.1, 0.15) is 19.0 Å². The fraction of sp³-hybridized carbons (Fsp3) is 0.630. The highest BCUT2D eigenvalue weighted by Crippen LogP contribution is 2.20. The standard InChI is InChI=1S/C27H40N2O10/c1-2-3-4-5-6-7-37-21-13-19-12-20(14-21)16-25(33)29-23(18-31)27(35)39-11-9-36-8-10-38-26(34)22(17-30)28-24(32)15-19/h12-14,22-23,30-31H,2-11,15-18H2,1H3,(H,28,32)(H,29,33)/t22-,23-/m0/s1. The summed E-state index contributed by atoms with van der Waals surface area (Å²) in [5.74, 6) is -2.24. The zero-order valence-corrected chi connectivity index (χ0v) is 22.4. The normalized spacial score (nSPS) is 20.3. The summed E-state index contributed by atoms with van der Waals surface area (Å²) in [5, 5.41) is 24.1. The van der Waals surface area contributed by atoms with Crippen LogP contribution in [0.2, 0.25) is 0 Å². The Kier molecular flexibility index (Phi) is 14.9. The Bertz CT molecular complexity index is 877. The largest absolute Gasteiger partial charge is 0.494 e. The van der Waals surface area contributed by atoms with Crippen LogP contribution in [-0.2, 0) is 46.2 Å². The zero-order chi connectivity index (χ0) is 28.5. The maximum absolute atomic E-state index is 12.7. The second-order valence-electron chi connectivity index (χ2n) is 9.15. The van der Waals surface area contributed by atoms with Crippen LogP contribution >= 0.6 is 0 Å². The minimum absolute atomic E-state index is 0.0102. The molecule has 0 aromatic heterocycles. The molecule has 1 aliphatic rings. The van der Waals surface area contributed by atoms with Crippen molar-refractivity contribution in [3.63, 3.8) is 0 Å². The number of cyclic esters (lactones) is 2. The average molecular weight is 553 g/mol. The van der Waals surface area contributed by atoms with Crippen LogP contribution < -0.4 is 15.4 Å². The first kappa shape index (κ1) is 32.0. The van der Waals surface area contributed by atoms with E-state index in [9.17, 15) is 29.4 Å². The minimum Gasteiger partial charge on any atom is -0.494 e. The van der Waals surface area contributed by atoms with E-state index in [0.29, 0.717) is 23.5 Å². The summed E-state index contributed by atoms with van der Waals surface area (Å²) >= 11 is 0. The van der Waals surface area contributed by atoms with Crippen molar-refractivity contribution in [1.29, 1.82) is 0 Å². The Morgan fingerprint density at radius 1 is 0.769 bits per heavy atom. The molecule has 12 nitrogen and oxygen atoms in total. The second-order valence-corrected chi connectivity index (χ2v) is 9.15. The molecule has 0 saturated carbocycles. The van der Waals surface area contributed by atoms with Gasteiger partial charge in [0.2, 0.25) is 11.8 Å². The van der Waals surface area contributed by atoms with Crippen LogP contribution in [-0.4, -0.2) is 92.3 Å². The first-order valence-corrected chi connectivity index (χ1v) is 13.3. The molecule has 2 amide bonds. The highest BCUT2D eigenvalue weighted by atomic mass is 16.6. The lowest BCUT2D eigenvalue weighted by Gasteiger charge is -2.18. The molecule has 1 aliphatic heterocycles. The summed E-state index contributed by atoms with van der Waals surface area (Å²) in [6.07, 6.45) is 4.97. The van der Waals surface area contributed by atoms with Crippen molar-refractivity contribution in [1.82, 2.24) is 10.6 Å². The van der Waals surface area contributed by atoms with Gasteiger partial charge >= 0.3 is 11.9 Å². The number of hydrogen-bond donors (Lipinski definition) is 4. The van der Waals surface area contributed by atoms with Gasteiger partial charge in [-0.05, 0) is 29.7 Å². The minimum atomic E-state index is -1.26. The fourth-order valence-electron chi connectivity index (χ4n) is 3.84. The van der Waals surface area contributed by atoms with Gasteiger partial charge in [-0.25, -0.2) is 9.59 Å². The predicted molar refractivity (Wildman–Crippen MR) is 139 cm³/mol. The molecule has 0 radical (unpaired) electrons. The van der Waals surface area contributed by atoms with E-state index in [4.69, 9.17) is 18.9 Å². The number of rotatable bonds is 9. The molecular weight excluding hydrogens is 512 g/mol. The summed E-state index contributed by atoms with van der Waals surface area (Å²) in [6.45, 7) is 0.990. The number of carbonyl (C=O) groups is 4. The van der Waals surface area contributed by atoms with Gasteiger partial charge in [0.25, 0.3) is 0 Å². The molecule has 1 heterocycles. The van der Waals surface area contributed by atoms with E-state index in [0.717, 1.165) is 32.1 Å². The lowest BCUT2D eigenvalue weighted by molar-refractivity contribution is -0.152. The van der Waals surface area contributed by atoms with Crippen LogP contribution in [0.1, 0.15) is 50.2 Å². The SMILES string of the molecule is CCCCCCCOc1cc2cc(c1)CC(=O)N[C@@H](CO)C(=O)OCCOCCOC(=O)[C@H](CO)NC(=O)C2. The first-order valence-electron chi connectivity index (χ1n) is 13.3. The van der Waals surface area contributed by atoms with Gasteiger partial charge in [-0.2, -0.15) is 0 Å². The van der Waals surface area contributed by atoms with Crippen molar-refractivity contribution in [2.45, 2.75) is 64.0 Å². The van der Waals surface area contributed by atoms with Gasteiger partial charge in [-0.15, -0.1) is 0 Å². The van der Waals surface area contributed by atoms with Crippen LogP contribution in [0.15, 0.2) is 18.2 Å². The smallest absolute Gasteiger partial charge is 0.331 e. The molecule has 0 fully saturated rings. The zero-order valence-electron chi connectivity index (χ0n) is 22.4. The Hall–Kier alpha value is -3.22. The maximum atomic E-state index is 12.7. The molecule has 0 unspecified atom stereocenters. The van der Waals surface area contributed by atoms with E-state index in [1.165, 1.54) is 0 Å². The number of esters is 2. The van der Waals surface area contributed by atoms with Crippen molar-refractivity contribution in [2.24, 2.45) is 0 Å². The Balaban J connectivity index is 2.21. The van der Waals surface area contributed by atoms with Crippen molar-refractivity contribution >= 4 is 23.8 Å². The van der Waals surface area contributed by atoms with E-state index in [1.54, 1.807) is 18.2 Å². The molecule has 0 saturated heterocycles. The quantitative estimate of drug-likeness (QED) is 0.245. The third-order valence-corrected chi connectivity index (χ3v) is 5.82. The van der Waals surface area contributed by atoms with Crippen LogP contribution in [0, 0.1) is 0 Å². The van der Waals surface area contributed by atoms with E-state index >= 15 is 0 Å². The number of unbranched alkanes of at least 4 members (excludes halogenated alkanes) is 4. The predicted octanol–water partition coefficient (Wildman–Crippen LogP) is 0.192. The van der Waals surface area contributed by atoms with E-state index < -0.39 is 49.1 Å². The Morgan fingerprint density at radius 3 is 1.77 bits per heavy atom. The van der Waals surface area contributed by atoms with Crippen LogP contribution in [0.3, 0.4) is 0 Å². The molecule has 1 aromatic rings. The van der Waals surface area contributed by atoms with Crippen LogP contribution in [0.4, 0.5) is 0 Å². The van der Waals surface area contributed by atoms with Gasteiger partial charge in [0.15, 0.2) is 12.1 Å². The van der Waals surface area contributed by atoms with E-state index in [2.05, 4.69) is 17.6 Å². The number of aliphatic hydroxyl groups is 2. The van der Waals surface area contributed by atoms with Gasteiger partial charge in [0.05, 0.1) is 45.9 Å². The number of nitrogens with one attached hydrogen (secondary N) is 2. The number of benzene rings is 1. The average Bonchev–Trinajstić information content (AvgIpc) is 2.90. The third kappa shape index (κ3) is 12.5. The van der Waals surface area contributed by atoms with Crippen molar-refractivity contribution < 1.29 is 48.3 Å². The Morgan fingerprint density at radius 2 is 1.28 bits per heavy atom. The maximum Gasteiger partial charge on any atom is 0.331 e. The molecule has 0 aliphatic carbocycles. The molecule has 12 heteroatoms. The van der Waals surface area contributed by atoms with Crippen LogP contribution in [0.25, 0.3) is 0 Å². The number of fused-ring (bicyclic) bond motifs is 2. The number of ether oxygens (including phenoxy) is 4. The van der Waals surface area contributed by atoms with Gasteiger partial charge in [-0.3, -0.25) is 9.59 Å². The second kappa shape index (κ2) is 18.1. The number of carbonyl (C=O) groups excluding carboxylic acids is 4. The molecule has 2 atom stereocenters. The summed E-state index contributed by atoms with van der Waals surface area (Å²) < 4.78 is 21.2. The monoisotopic (exact) mass is 552 g/mol. The van der Waals surface area contributed by atoms with Gasteiger partial charge in [-0.1, -0.05) is 38.7 Å². The number of amides is 2. The summed E-state index contributed by atoms with van der Waals surface area (Å²) in [4.78, 5) is 49.9. The van der Waals surface area contributed by atoms with Crippen molar-refractivity contribution in [3.8, 4) is 5.75 Å². The molecule has 0 spiro atoms. The highest BCUT2D eigenvalue weighted by Gasteiger charge is 2.24. The number of aliphatic hydroxyl groups excluding tert-OH is 2. The number of hydrogen-bond acceptors (Lipinski definition) is 10. The van der Waals surface area contributed by atoms with Crippen molar-refractivity contribution in [2.75, 3.05) is 46.2 Å². The molecule has 4 N–H and O–H groups in total. The molecule has 2 bridgehead atoms.